The maximum Gasteiger partial charge on any atom is 0.214 e. The van der Waals surface area contributed by atoms with Crippen molar-refractivity contribution in [3.05, 3.63) is 35.8 Å². The number of aromatic nitrogens is 3. The highest BCUT2D eigenvalue weighted by Gasteiger charge is 2.34. The van der Waals surface area contributed by atoms with Crippen LogP contribution < -0.4 is 0 Å². The summed E-state index contributed by atoms with van der Waals surface area (Å²) in [5.41, 5.74) is 1.67. The predicted octanol–water partition coefficient (Wildman–Crippen LogP) is 3.15. The van der Waals surface area contributed by atoms with Gasteiger partial charge in [-0.3, -0.25) is 0 Å². The molecular formula is C17H20N4O2S2. The topological polar surface area (TPSA) is 68.1 Å². The monoisotopic (exact) mass is 376 g/mol. The number of pyridine rings is 1. The number of thiophene rings is 1. The number of sulfonamides is 1. The molecule has 3 aromatic rings. The Morgan fingerprint density at radius 1 is 1.32 bits per heavy atom. The van der Waals surface area contributed by atoms with Crippen LogP contribution in [0.15, 0.2) is 35.8 Å². The molecule has 1 atom stereocenters. The van der Waals surface area contributed by atoms with Gasteiger partial charge in [0.2, 0.25) is 10.0 Å². The molecule has 1 aliphatic rings. The SMILES string of the molecule is CCCS(=O)(=O)N1CC[C@H](n2c(-c3cccs3)nc3cccnc32)C1. The van der Waals surface area contributed by atoms with Gasteiger partial charge in [0.05, 0.1) is 16.7 Å². The van der Waals surface area contributed by atoms with Crippen LogP contribution in [0, 0.1) is 0 Å². The van der Waals surface area contributed by atoms with Crippen molar-refractivity contribution in [2.45, 2.75) is 25.8 Å². The second-order valence-electron chi connectivity index (χ2n) is 6.25. The molecule has 25 heavy (non-hydrogen) atoms. The number of nitrogens with zero attached hydrogens (tertiary/aromatic N) is 4. The highest BCUT2D eigenvalue weighted by atomic mass is 32.2. The van der Waals surface area contributed by atoms with Crippen molar-refractivity contribution >= 4 is 32.5 Å². The average molecular weight is 377 g/mol. The highest BCUT2D eigenvalue weighted by molar-refractivity contribution is 7.89. The van der Waals surface area contributed by atoms with Crippen molar-refractivity contribution in [2.24, 2.45) is 0 Å². The Bertz CT molecular complexity index is 979. The molecular weight excluding hydrogens is 356 g/mol. The Kier molecular flexibility index (Phi) is 4.35. The molecule has 0 bridgehead atoms. The molecule has 0 spiro atoms. The fraction of sp³-hybridized carbons (Fsp3) is 0.412. The molecule has 0 radical (unpaired) electrons. The second-order valence-corrected chi connectivity index (χ2v) is 9.28. The molecule has 0 aromatic carbocycles. The summed E-state index contributed by atoms with van der Waals surface area (Å²) in [7, 11) is -3.17. The lowest BCUT2D eigenvalue weighted by atomic mass is 10.2. The summed E-state index contributed by atoms with van der Waals surface area (Å²) < 4.78 is 28.6. The van der Waals surface area contributed by atoms with E-state index >= 15 is 0 Å². The molecule has 8 heteroatoms. The van der Waals surface area contributed by atoms with Crippen LogP contribution in [0.1, 0.15) is 25.8 Å². The molecule has 132 valence electrons. The lowest BCUT2D eigenvalue weighted by molar-refractivity contribution is 0.455. The van der Waals surface area contributed by atoms with Gasteiger partial charge in [-0.05, 0) is 36.4 Å². The molecule has 3 aromatic heterocycles. The van der Waals surface area contributed by atoms with Gasteiger partial charge in [-0.1, -0.05) is 13.0 Å². The molecule has 0 saturated carbocycles. The zero-order chi connectivity index (χ0) is 17.4. The Balaban J connectivity index is 1.76. The maximum absolute atomic E-state index is 12.4. The van der Waals surface area contributed by atoms with Crippen molar-refractivity contribution in [1.82, 2.24) is 18.8 Å². The summed E-state index contributed by atoms with van der Waals surface area (Å²) in [6.07, 6.45) is 3.18. The minimum atomic E-state index is -3.17. The van der Waals surface area contributed by atoms with Gasteiger partial charge in [0, 0.05) is 19.3 Å². The average Bonchev–Trinajstić information content (AvgIpc) is 3.32. The first kappa shape index (κ1) is 16.7. The third-order valence-electron chi connectivity index (χ3n) is 4.54. The Labute approximate surface area is 151 Å². The summed E-state index contributed by atoms with van der Waals surface area (Å²) in [6.45, 7) is 2.94. The van der Waals surface area contributed by atoms with Crippen molar-refractivity contribution in [3.8, 4) is 10.7 Å². The molecule has 6 nitrogen and oxygen atoms in total. The molecule has 0 aliphatic carbocycles. The normalized spacial score (nSPS) is 19.0. The smallest absolute Gasteiger partial charge is 0.214 e. The molecule has 1 fully saturated rings. The van der Waals surface area contributed by atoms with Crippen LogP contribution in [0.2, 0.25) is 0 Å². The summed E-state index contributed by atoms with van der Waals surface area (Å²) in [6, 6.07) is 7.94. The van der Waals surface area contributed by atoms with Crippen molar-refractivity contribution in [3.63, 3.8) is 0 Å². The van der Waals surface area contributed by atoms with Crippen molar-refractivity contribution < 1.29 is 8.42 Å². The molecule has 0 amide bonds. The van der Waals surface area contributed by atoms with Gasteiger partial charge in [0.15, 0.2) is 11.5 Å². The van der Waals surface area contributed by atoms with Gasteiger partial charge in [0.25, 0.3) is 0 Å². The highest BCUT2D eigenvalue weighted by Crippen LogP contribution is 2.34. The van der Waals surface area contributed by atoms with Crippen LogP contribution in [0.5, 0.6) is 0 Å². The molecule has 4 heterocycles. The van der Waals surface area contributed by atoms with E-state index < -0.39 is 10.0 Å². The van der Waals surface area contributed by atoms with E-state index in [0.717, 1.165) is 28.3 Å². The largest absolute Gasteiger partial charge is 0.304 e. The molecule has 1 saturated heterocycles. The van der Waals surface area contributed by atoms with E-state index in [4.69, 9.17) is 4.98 Å². The van der Waals surface area contributed by atoms with Gasteiger partial charge in [-0.2, -0.15) is 4.31 Å². The fourth-order valence-corrected chi connectivity index (χ4v) is 5.68. The summed E-state index contributed by atoms with van der Waals surface area (Å²) in [5, 5.41) is 2.03. The minimum absolute atomic E-state index is 0.0589. The van der Waals surface area contributed by atoms with Gasteiger partial charge >= 0.3 is 0 Å². The number of hydrogen-bond acceptors (Lipinski definition) is 5. The predicted molar refractivity (Wildman–Crippen MR) is 100 cm³/mol. The Hall–Kier alpha value is -1.77. The third kappa shape index (κ3) is 2.98. The quantitative estimate of drug-likeness (QED) is 0.686. The molecule has 4 rings (SSSR count). The van der Waals surface area contributed by atoms with Gasteiger partial charge < -0.3 is 4.57 Å². The van der Waals surface area contributed by atoms with E-state index in [0.29, 0.717) is 19.5 Å². The Morgan fingerprint density at radius 2 is 2.20 bits per heavy atom. The van der Waals surface area contributed by atoms with Crippen LogP contribution in [-0.4, -0.2) is 46.1 Å². The van der Waals surface area contributed by atoms with E-state index in [1.807, 2.05) is 36.6 Å². The zero-order valence-electron chi connectivity index (χ0n) is 14.0. The number of hydrogen-bond donors (Lipinski definition) is 0. The fourth-order valence-electron chi connectivity index (χ4n) is 3.42. The molecule has 1 aliphatic heterocycles. The number of imidazole rings is 1. The lowest BCUT2D eigenvalue weighted by Crippen LogP contribution is -2.31. The van der Waals surface area contributed by atoms with E-state index in [-0.39, 0.29) is 11.8 Å². The standard InChI is InChI=1S/C17H20N4O2S2/c1-2-11-25(22,23)20-9-7-13(12-20)21-16-14(5-3-8-18-16)19-17(21)15-6-4-10-24-15/h3-6,8,10,13H,2,7,9,11-12H2,1H3/t13-/m0/s1. The zero-order valence-corrected chi connectivity index (χ0v) is 15.6. The molecule has 0 unspecified atom stereocenters. The van der Waals surface area contributed by atoms with Gasteiger partial charge in [-0.15, -0.1) is 11.3 Å². The van der Waals surface area contributed by atoms with Crippen molar-refractivity contribution in [1.29, 1.82) is 0 Å². The Morgan fingerprint density at radius 3 is 2.96 bits per heavy atom. The van der Waals surface area contributed by atoms with Crippen LogP contribution in [0.25, 0.3) is 21.9 Å². The van der Waals surface area contributed by atoms with E-state index in [2.05, 4.69) is 9.55 Å². The maximum atomic E-state index is 12.4. The first-order valence-corrected chi connectivity index (χ1v) is 10.9. The van der Waals surface area contributed by atoms with E-state index in [9.17, 15) is 8.42 Å². The van der Waals surface area contributed by atoms with Crippen LogP contribution >= 0.6 is 11.3 Å². The van der Waals surface area contributed by atoms with Gasteiger partial charge in [0.1, 0.15) is 5.52 Å². The van der Waals surface area contributed by atoms with Crippen LogP contribution in [0.4, 0.5) is 0 Å². The first-order chi connectivity index (χ1) is 12.1. The van der Waals surface area contributed by atoms with Crippen molar-refractivity contribution in [2.75, 3.05) is 18.8 Å². The summed E-state index contributed by atoms with van der Waals surface area (Å²) in [4.78, 5) is 10.4. The first-order valence-electron chi connectivity index (χ1n) is 8.45. The lowest BCUT2D eigenvalue weighted by Gasteiger charge is -2.18. The van der Waals surface area contributed by atoms with Gasteiger partial charge in [-0.25, -0.2) is 18.4 Å². The number of rotatable bonds is 5. The third-order valence-corrected chi connectivity index (χ3v) is 7.45. The summed E-state index contributed by atoms with van der Waals surface area (Å²) in [5.74, 6) is 1.09. The second kappa shape index (κ2) is 6.51. The molecule has 0 N–H and O–H groups in total. The van der Waals surface area contributed by atoms with Crippen LogP contribution in [0.3, 0.4) is 0 Å². The minimum Gasteiger partial charge on any atom is -0.304 e. The number of fused-ring (bicyclic) bond motifs is 1. The van der Waals surface area contributed by atoms with Crippen LogP contribution in [-0.2, 0) is 10.0 Å². The summed E-state index contributed by atoms with van der Waals surface area (Å²) >= 11 is 1.64. The van der Waals surface area contributed by atoms with E-state index in [1.54, 1.807) is 21.8 Å². The van der Waals surface area contributed by atoms with E-state index in [1.165, 1.54) is 0 Å².